The molecule has 2 aromatic rings. The lowest BCUT2D eigenvalue weighted by molar-refractivity contribution is -0.119. The van der Waals surface area contributed by atoms with E-state index in [9.17, 15) is 9.59 Å². The number of rotatable bonds is 3. The number of hydrogen-bond acceptors (Lipinski definition) is 2. The zero-order valence-corrected chi connectivity index (χ0v) is 13.2. The second-order valence-corrected chi connectivity index (χ2v) is 5.88. The van der Waals surface area contributed by atoms with Gasteiger partial charge >= 0.3 is 0 Å². The van der Waals surface area contributed by atoms with Gasteiger partial charge < -0.3 is 10.2 Å². The van der Waals surface area contributed by atoms with E-state index in [0.29, 0.717) is 18.5 Å². The van der Waals surface area contributed by atoms with Crippen molar-refractivity contribution in [3.8, 4) is 0 Å². The van der Waals surface area contributed by atoms with Gasteiger partial charge in [0, 0.05) is 17.8 Å². The average Bonchev–Trinajstić information content (AvgIpc) is 3.07. The van der Waals surface area contributed by atoms with Gasteiger partial charge in [0.2, 0.25) is 5.91 Å². The number of carbonyl (C=O) groups excluding carboxylic acids is 2. The fourth-order valence-electron chi connectivity index (χ4n) is 2.89. The summed E-state index contributed by atoms with van der Waals surface area (Å²) in [6, 6.07) is 16.4. The molecule has 1 fully saturated rings. The number of benzene rings is 2. The molecule has 23 heavy (non-hydrogen) atoms. The molecule has 0 saturated carbocycles. The Morgan fingerprint density at radius 2 is 1.74 bits per heavy atom. The molecule has 1 saturated heterocycles. The topological polar surface area (TPSA) is 49.4 Å². The van der Waals surface area contributed by atoms with E-state index in [0.717, 1.165) is 17.7 Å². The first-order valence-electron chi connectivity index (χ1n) is 7.89. The van der Waals surface area contributed by atoms with Gasteiger partial charge in [-0.3, -0.25) is 9.59 Å². The summed E-state index contributed by atoms with van der Waals surface area (Å²) in [7, 11) is 0. The molecule has 0 spiro atoms. The number of amides is 2. The number of carbonyl (C=O) groups is 2. The van der Waals surface area contributed by atoms with Gasteiger partial charge in [-0.25, -0.2) is 0 Å². The Kier molecular flexibility index (Phi) is 4.42. The Morgan fingerprint density at radius 1 is 1.04 bits per heavy atom. The molecule has 0 aliphatic carbocycles. The lowest BCUT2D eigenvalue weighted by atomic mass is 10.1. The predicted octanol–water partition coefficient (Wildman–Crippen LogP) is 3.24. The first-order valence-corrected chi connectivity index (χ1v) is 7.89. The summed E-state index contributed by atoms with van der Waals surface area (Å²) in [5.41, 5.74) is 2.53. The molecule has 0 radical (unpaired) electrons. The number of nitrogens with zero attached hydrogens (tertiary/aromatic N) is 1. The minimum atomic E-state index is -0.399. The quantitative estimate of drug-likeness (QED) is 0.946. The monoisotopic (exact) mass is 308 g/mol. The summed E-state index contributed by atoms with van der Waals surface area (Å²) >= 11 is 0. The van der Waals surface area contributed by atoms with Crippen LogP contribution < -0.4 is 5.32 Å². The lowest BCUT2D eigenvalue weighted by Crippen LogP contribution is -2.43. The van der Waals surface area contributed by atoms with Gasteiger partial charge in [0.1, 0.15) is 6.04 Å². The lowest BCUT2D eigenvalue weighted by Gasteiger charge is -2.24. The standard InChI is InChI=1S/C19H20N2O2/c1-14-9-11-16(12-10-14)20-18(22)17-8-5-13-21(17)19(23)15-6-3-2-4-7-15/h2-4,6-7,9-12,17H,5,8,13H2,1H3,(H,20,22). The molecule has 2 amide bonds. The highest BCUT2D eigenvalue weighted by Crippen LogP contribution is 2.22. The van der Waals surface area contributed by atoms with Crippen molar-refractivity contribution in [2.75, 3.05) is 11.9 Å². The predicted molar refractivity (Wildman–Crippen MR) is 90.3 cm³/mol. The maximum atomic E-state index is 12.6. The normalized spacial score (nSPS) is 17.1. The molecule has 1 aliphatic heterocycles. The molecule has 4 nitrogen and oxygen atoms in total. The second-order valence-electron chi connectivity index (χ2n) is 5.88. The largest absolute Gasteiger partial charge is 0.327 e. The SMILES string of the molecule is Cc1ccc(NC(=O)C2CCCN2C(=O)c2ccccc2)cc1. The van der Waals surface area contributed by atoms with E-state index in [1.165, 1.54) is 0 Å². The average molecular weight is 308 g/mol. The number of likely N-dealkylation sites (tertiary alicyclic amines) is 1. The Bertz CT molecular complexity index is 695. The van der Waals surface area contributed by atoms with Gasteiger partial charge in [-0.1, -0.05) is 35.9 Å². The molecular weight excluding hydrogens is 288 g/mol. The number of anilines is 1. The highest BCUT2D eigenvalue weighted by atomic mass is 16.2. The van der Waals surface area contributed by atoms with Gasteiger partial charge in [0.05, 0.1) is 0 Å². The summed E-state index contributed by atoms with van der Waals surface area (Å²) in [4.78, 5) is 26.8. The van der Waals surface area contributed by atoms with Crippen LogP contribution in [-0.2, 0) is 4.79 Å². The summed E-state index contributed by atoms with van der Waals surface area (Å²) < 4.78 is 0. The fourth-order valence-corrected chi connectivity index (χ4v) is 2.89. The van der Waals surface area contributed by atoms with E-state index in [1.54, 1.807) is 17.0 Å². The van der Waals surface area contributed by atoms with E-state index in [-0.39, 0.29) is 11.8 Å². The number of aryl methyl sites for hydroxylation is 1. The van der Waals surface area contributed by atoms with E-state index in [4.69, 9.17) is 0 Å². The maximum absolute atomic E-state index is 12.6. The van der Waals surface area contributed by atoms with Gasteiger partial charge in [-0.15, -0.1) is 0 Å². The van der Waals surface area contributed by atoms with Crippen LogP contribution in [0.3, 0.4) is 0 Å². The molecule has 0 aromatic heterocycles. The minimum Gasteiger partial charge on any atom is -0.327 e. The van der Waals surface area contributed by atoms with Crippen LogP contribution in [0.1, 0.15) is 28.8 Å². The highest BCUT2D eigenvalue weighted by Gasteiger charge is 2.34. The third kappa shape index (κ3) is 3.42. The van der Waals surface area contributed by atoms with Gasteiger partial charge in [0.25, 0.3) is 5.91 Å². The van der Waals surface area contributed by atoms with Crippen molar-refractivity contribution in [1.29, 1.82) is 0 Å². The third-order valence-electron chi connectivity index (χ3n) is 4.16. The van der Waals surface area contributed by atoms with Crippen molar-refractivity contribution < 1.29 is 9.59 Å². The Labute approximate surface area is 136 Å². The van der Waals surface area contributed by atoms with Crippen LogP contribution in [-0.4, -0.2) is 29.3 Å². The minimum absolute atomic E-state index is 0.0767. The number of nitrogens with one attached hydrogen (secondary N) is 1. The molecule has 1 N–H and O–H groups in total. The molecule has 1 unspecified atom stereocenters. The van der Waals surface area contributed by atoms with E-state index in [1.807, 2.05) is 49.4 Å². The van der Waals surface area contributed by atoms with Crippen LogP contribution in [0.25, 0.3) is 0 Å². The van der Waals surface area contributed by atoms with Crippen LogP contribution in [0.5, 0.6) is 0 Å². The Hall–Kier alpha value is -2.62. The summed E-state index contributed by atoms with van der Waals surface area (Å²) in [6.45, 7) is 2.63. The summed E-state index contributed by atoms with van der Waals surface area (Å²) in [5.74, 6) is -0.192. The molecule has 2 aromatic carbocycles. The van der Waals surface area contributed by atoms with Crippen LogP contribution in [0.15, 0.2) is 54.6 Å². The maximum Gasteiger partial charge on any atom is 0.254 e. The van der Waals surface area contributed by atoms with Crippen LogP contribution in [0, 0.1) is 6.92 Å². The van der Waals surface area contributed by atoms with Crippen molar-refractivity contribution in [2.24, 2.45) is 0 Å². The molecule has 1 atom stereocenters. The molecule has 3 rings (SSSR count). The van der Waals surface area contributed by atoms with Crippen LogP contribution in [0.4, 0.5) is 5.69 Å². The Balaban J connectivity index is 1.72. The van der Waals surface area contributed by atoms with E-state index < -0.39 is 6.04 Å². The van der Waals surface area contributed by atoms with Gasteiger partial charge in [-0.05, 0) is 44.0 Å². The molecular formula is C19H20N2O2. The smallest absolute Gasteiger partial charge is 0.254 e. The van der Waals surface area contributed by atoms with Crippen molar-refractivity contribution in [3.63, 3.8) is 0 Å². The number of hydrogen-bond donors (Lipinski definition) is 1. The molecule has 1 aliphatic rings. The highest BCUT2D eigenvalue weighted by molar-refractivity contribution is 6.01. The van der Waals surface area contributed by atoms with Gasteiger partial charge in [-0.2, -0.15) is 0 Å². The summed E-state index contributed by atoms with van der Waals surface area (Å²) in [5, 5.41) is 2.91. The molecule has 1 heterocycles. The second kappa shape index (κ2) is 6.65. The fraction of sp³-hybridized carbons (Fsp3) is 0.263. The first kappa shape index (κ1) is 15.3. The van der Waals surface area contributed by atoms with Crippen molar-refractivity contribution in [2.45, 2.75) is 25.8 Å². The van der Waals surface area contributed by atoms with Crippen molar-refractivity contribution >= 4 is 17.5 Å². The zero-order chi connectivity index (χ0) is 16.2. The Morgan fingerprint density at radius 3 is 2.43 bits per heavy atom. The third-order valence-corrected chi connectivity index (χ3v) is 4.16. The molecule has 4 heteroatoms. The zero-order valence-electron chi connectivity index (χ0n) is 13.2. The first-order chi connectivity index (χ1) is 11.1. The van der Waals surface area contributed by atoms with Gasteiger partial charge in [0.15, 0.2) is 0 Å². The van der Waals surface area contributed by atoms with E-state index in [2.05, 4.69) is 5.32 Å². The van der Waals surface area contributed by atoms with E-state index >= 15 is 0 Å². The van der Waals surface area contributed by atoms with Crippen molar-refractivity contribution in [3.05, 3.63) is 65.7 Å². The molecule has 118 valence electrons. The summed E-state index contributed by atoms with van der Waals surface area (Å²) in [6.07, 6.45) is 1.56. The van der Waals surface area contributed by atoms with Crippen molar-refractivity contribution in [1.82, 2.24) is 4.90 Å². The molecule has 0 bridgehead atoms. The van der Waals surface area contributed by atoms with Crippen LogP contribution >= 0.6 is 0 Å². The van der Waals surface area contributed by atoms with Crippen LogP contribution in [0.2, 0.25) is 0 Å².